The van der Waals surface area contributed by atoms with E-state index in [0.29, 0.717) is 23.4 Å². The van der Waals surface area contributed by atoms with Crippen molar-refractivity contribution in [3.8, 4) is 0 Å². The summed E-state index contributed by atoms with van der Waals surface area (Å²) in [6, 6.07) is 10.1. The first-order valence-electron chi connectivity index (χ1n) is 10.2. The minimum absolute atomic E-state index is 0.0140. The van der Waals surface area contributed by atoms with Gasteiger partial charge in [0.05, 0.1) is 33.3 Å². The van der Waals surface area contributed by atoms with Crippen molar-refractivity contribution in [2.24, 2.45) is 11.8 Å². The zero-order valence-corrected chi connectivity index (χ0v) is 22.1. The fourth-order valence-corrected chi connectivity index (χ4v) is 5.87. The van der Waals surface area contributed by atoms with Crippen LogP contribution in [0.25, 0.3) is 0 Å². The molecule has 0 unspecified atom stereocenters. The molecule has 0 spiro atoms. The fraction of sp³-hybridized carbons (Fsp3) is 0.318. The van der Waals surface area contributed by atoms with Gasteiger partial charge in [0.15, 0.2) is 0 Å². The first-order chi connectivity index (χ1) is 16.1. The Hall–Kier alpha value is -2.01. The summed E-state index contributed by atoms with van der Waals surface area (Å²) in [6.45, 7) is -0.214. The highest BCUT2D eigenvalue weighted by molar-refractivity contribution is 9.12. The maximum atomic E-state index is 13.6. The molecule has 8 nitrogen and oxygen atoms in total. The Bertz CT molecular complexity index is 1170. The second-order valence-corrected chi connectivity index (χ2v) is 11.3. The number of amides is 3. The zero-order chi connectivity index (χ0) is 24.7. The Balaban J connectivity index is 1.77. The highest BCUT2D eigenvalue weighted by atomic mass is 79.9. The molecule has 0 N–H and O–H groups in total. The van der Waals surface area contributed by atoms with Crippen molar-refractivity contribution < 1.29 is 19.3 Å². The molecule has 0 bridgehead atoms. The summed E-state index contributed by atoms with van der Waals surface area (Å²) in [4.78, 5) is 51.3. The number of para-hydroxylation sites is 1. The SMILES string of the molecule is O=C(c1ccccc1[N+](=O)[O-])N(Cc1ccc(Cl)c(Cl)c1)N1C(=O)[C@@H]2C[C@H](Br)[C@@H](Br)C[C@H]2C1=O. The lowest BCUT2D eigenvalue weighted by atomic mass is 9.81. The molecule has 1 aliphatic heterocycles. The number of nitro groups is 1. The number of fused-ring (bicyclic) bond motifs is 1. The van der Waals surface area contributed by atoms with Crippen LogP contribution in [0.4, 0.5) is 5.69 Å². The second-order valence-electron chi connectivity index (χ2n) is 8.09. The van der Waals surface area contributed by atoms with E-state index >= 15 is 0 Å². The van der Waals surface area contributed by atoms with Crippen molar-refractivity contribution in [1.29, 1.82) is 0 Å². The molecule has 178 valence electrons. The second kappa shape index (κ2) is 9.93. The van der Waals surface area contributed by atoms with Gasteiger partial charge in [-0.15, -0.1) is 0 Å². The quantitative estimate of drug-likeness (QED) is 0.190. The van der Waals surface area contributed by atoms with Gasteiger partial charge in [0.25, 0.3) is 23.4 Å². The largest absolute Gasteiger partial charge is 0.282 e. The lowest BCUT2D eigenvalue weighted by Crippen LogP contribution is -2.50. The molecular formula is C22H17Br2Cl2N3O5. The monoisotopic (exact) mass is 631 g/mol. The maximum absolute atomic E-state index is 13.6. The number of nitro benzene ring substituents is 1. The van der Waals surface area contributed by atoms with E-state index in [1.54, 1.807) is 6.07 Å². The van der Waals surface area contributed by atoms with Crippen LogP contribution in [0.5, 0.6) is 0 Å². The van der Waals surface area contributed by atoms with Crippen molar-refractivity contribution in [3.63, 3.8) is 0 Å². The number of benzene rings is 2. The molecule has 1 aliphatic carbocycles. The summed E-state index contributed by atoms with van der Waals surface area (Å²) in [6.07, 6.45) is 0.837. The Morgan fingerprint density at radius 1 is 1.03 bits per heavy atom. The molecule has 2 aromatic rings. The van der Waals surface area contributed by atoms with Crippen LogP contribution in [0.2, 0.25) is 10.0 Å². The topological polar surface area (TPSA) is 101 Å². The van der Waals surface area contributed by atoms with E-state index in [2.05, 4.69) is 31.9 Å². The van der Waals surface area contributed by atoms with Gasteiger partial charge in [-0.1, -0.05) is 73.3 Å². The predicted molar refractivity (Wildman–Crippen MR) is 133 cm³/mol. The van der Waals surface area contributed by atoms with E-state index in [1.807, 2.05) is 0 Å². The van der Waals surface area contributed by atoms with Crippen molar-refractivity contribution in [1.82, 2.24) is 10.0 Å². The highest BCUT2D eigenvalue weighted by Gasteiger charge is 2.54. The van der Waals surface area contributed by atoms with Gasteiger partial charge in [0, 0.05) is 15.7 Å². The number of rotatable bonds is 5. The summed E-state index contributed by atoms with van der Waals surface area (Å²) < 4.78 is 0. The van der Waals surface area contributed by atoms with Gasteiger partial charge in [-0.25, -0.2) is 5.01 Å². The molecule has 0 radical (unpaired) electrons. The van der Waals surface area contributed by atoms with Gasteiger partial charge < -0.3 is 0 Å². The number of carbonyl (C=O) groups is 3. The normalized spacial score (nSPS) is 24.2. The van der Waals surface area contributed by atoms with Gasteiger partial charge in [0.1, 0.15) is 5.56 Å². The standard InChI is InChI=1S/C22H17Br2Cl2N3O5/c23-15-8-13-14(9-16(15)24)22(32)28(21(13)31)27(10-11-5-6-17(25)18(26)7-11)20(30)12-3-1-2-4-19(12)29(33)34/h1-7,13-16H,8-10H2/t13-,14-,15+,16+/m1/s1. The molecule has 2 aliphatic rings. The van der Waals surface area contributed by atoms with Gasteiger partial charge in [-0.05, 0) is 36.6 Å². The number of hydrogen-bond donors (Lipinski definition) is 0. The number of imide groups is 1. The molecule has 2 aromatic carbocycles. The number of hydrogen-bond acceptors (Lipinski definition) is 5. The summed E-state index contributed by atoms with van der Waals surface area (Å²) in [5.41, 5.74) is -0.169. The van der Waals surface area contributed by atoms with Crippen LogP contribution in [-0.4, -0.2) is 42.3 Å². The fourth-order valence-electron chi connectivity index (χ4n) is 4.31. The number of alkyl halides is 2. The average molecular weight is 634 g/mol. The molecule has 1 heterocycles. The predicted octanol–water partition coefficient (Wildman–Crippen LogP) is 5.38. The molecule has 1 saturated carbocycles. The third kappa shape index (κ3) is 4.60. The van der Waals surface area contributed by atoms with Gasteiger partial charge in [-0.2, -0.15) is 5.01 Å². The van der Waals surface area contributed by atoms with Gasteiger partial charge >= 0.3 is 0 Å². The van der Waals surface area contributed by atoms with E-state index in [0.717, 1.165) is 10.0 Å². The third-order valence-electron chi connectivity index (χ3n) is 6.01. The third-order valence-corrected chi connectivity index (χ3v) is 9.48. The lowest BCUT2D eigenvalue weighted by molar-refractivity contribution is -0.385. The minimum atomic E-state index is -0.843. The van der Waals surface area contributed by atoms with Crippen molar-refractivity contribution in [2.45, 2.75) is 29.0 Å². The molecule has 3 amide bonds. The Morgan fingerprint density at radius 2 is 1.62 bits per heavy atom. The van der Waals surface area contributed by atoms with Crippen LogP contribution < -0.4 is 0 Å². The molecule has 4 rings (SSSR count). The molecule has 2 fully saturated rings. The Labute approximate surface area is 221 Å². The van der Waals surface area contributed by atoms with E-state index in [1.165, 1.54) is 36.4 Å². The first kappa shape index (κ1) is 25.1. The number of hydrazine groups is 1. The van der Waals surface area contributed by atoms with Crippen LogP contribution in [0, 0.1) is 22.0 Å². The molecule has 12 heteroatoms. The summed E-state index contributed by atoms with van der Waals surface area (Å²) in [5, 5.41) is 13.9. The summed E-state index contributed by atoms with van der Waals surface area (Å²) in [7, 11) is 0. The summed E-state index contributed by atoms with van der Waals surface area (Å²) >= 11 is 19.2. The number of halogens is 4. The Morgan fingerprint density at radius 3 is 2.18 bits per heavy atom. The van der Waals surface area contributed by atoms with Crippen molar-refractivity contribution in [2.75, 3.05) is 0 Å². The highest BCUT2D eigenvalue weighted by Crippen LogP contribution is 2.44. The van der Waals surface area contributed by atoms with Gasteiger partial charge in [-0.3, -0.25) is 24.5 Å². The first-order valence-corrected chi connectivity index (χ1v) is 12.8. The zero-order valence-electron chi connectivity index (χ0n) is 17.4. The van der Waals surface area contributed by atoms with E-state index in [4.69, 9.17) is 23.2 Å². The average Bonchev–Trinajstić information content (AvgIpc) is 3.03. The minimum Gasteiger partial charge on any atom is -0.272 e. The Kier molecular flexibility index (Phi) is 7.33. The number of nitrogens with zero attached hydrogens (tertiary/aromatic N) is 3. The molecular weight excluding hydrogens is 617 g/mol. The van der Waals surface area contributed by atoms with Crippen LogP contribution in [0.15, 0.2) is 42.5 Å². The maximum Gasteiger partial charge on any atom is 0.282 e. The van der Waals surface area contributed by atoms with E-state index in [-0.39, 0.29) is 26.8 Å². The summed E-state index contributed by atoms with van der Waals surface area (Å²) in [5.74, 6) is -3.05. The molecule has 34 heavy (non-hydrogen) atoms. The molecule has 1 saturated heterocycles. The smallest absolute Gasteiger partial charge is 0.272 e. The molecule has 0 aromatic heterocycles. The lowest BCUT2D eigenvalue weighted by Gasteiger charge is -2.30. The van der Waals surface area contributed by atoms with Crippen LogP contribution in [0.1, 0.15) is 28.8 Å². The van der Waals surface area contributed by atoms with Crippen LogP contribution in [0.3, 0.4) is 0 Å². The van der Waals surface area contributed by atoms with Gasteiger partial charge in [0.2, 0.25) is 0 Å². The van der Waals surface area contributed by atoms with E-state index in [9.17, 15) is 24.5 Å². The van der Waals surface area contributed by atoms with Crippen molar-refractivity contribution in [3.05, 3.63) is 73.8 Å². The van der Waals surface area contributed by atoms with E-state index < -0.39 is 40.2 Å². The van der Waals surface area contributed by atoms with Crippen molar-refractivity contribution >= 4 is 78.5 Å². The van der Waals surface area contributed by atoms with Crippen LogP contribution >= 0.6 is 55.1 Å². The number of carbonyl (C=O) groups excluding carboxylic acids is 3. The van der Waals surface area contributed by atoms with Crippen LogP contribution in [-0.2, 0) is 16.1 Å². The molecule has 4 atom stereocenters.